The molecule has 0 saturated carbocycles. The summed E-state index contributed by atoms with van der Waals surface area (Å²) in [5.74, 6) is -2.45. The molecule has 76 heavy (non-hydrogen) atoms. The number of nitrogens with two attached hydrogens (primary N) is 1. The van der Waals surface area contributed by atoms with Gasteiger partial charge in [0.2, 0.25) is 33.7 Å². The van der Waals surface area contributed by atoms with E-state index in [1.165, 1.54) is 6.07 Å². The van der Waals surface area contributed by atoms with Crippen molar-refractivity contribution in [3.8, 4) is 11.3 Å². The molecule has 21 nitrogen and oxygen atoms in total. The maximum Gasteiger partial charge on any atom is 0.262 e. The Hall–Kier alpha value is -6.89. The number of sulfonamides is 1. The Labute approximate surface area is 440 Å². The minimum atomic E-state index is -3.66. The number of nitrogens with one attached hydrogen (secondary N) is 2. The van der Waals surface area contributed by atoms with Crippen molar-refractivity contribution in [2.75, 3.05) is 120 Å². The molecule has 4 fully saturated rings. The van der Waals surface area contributed by atoms with Gasteiger partial charge in [-0.25, -0.2) is 27.4 Å². The summed E-state index contributed by atoms with van der Waals surface area (Å²) < 4.78 is 52.2. The van der Waals surface area contributed by atoms with Crippen LogP contribution in [0.2, 0.25) is 0 Å². The van der Waals surface area contributed by atoms with Gasteiger partial charge in [-0.05, 0) is 85.3 Å². The first-order chi connectivity index (χ1) is 36.7. The Morgan fingerprint density at radius 3 is 2.20 bits per heavy atom. The molecule has 5 aromatic rings. The van der Waals surface area contributed by atoms with E-state index in [2.05, 4.69) is 42.5 Å². The van der Waals surface area contributed by atoms with Crippen molar-refractivity contribution in [3.63, 3.8) is 0 Å². The van der Waals surface area contributed by atoms with E-state index in [-0.39, 0.29) is 41.3 Å². The van der Waals surface area contributed by atoms with Gasteiger partial charge in [0.25, 0.3) is 11.8 Å². The molecule has 7 heterocycles. The lowest BCUT2D eigenvalue weighted by Crippen LogP contribution is -2.54. The highest BCUT2D eigenvalue weighted by atomic mass is 32.2. The van der Waals surface area contributed by atoms with Crippen molar-refractivity contribution >= 4 is 68.1 Å². The second-order valence-corrected chi connectivity index (χ2v) is 21.6. The molecule has 3 aromatic carbocycles. The number of amides is 5. The maximum absolute atomic E-state index is 15.5. The van der Waals surface area contributed by atoms with E-state index in [0.717, 1.165) is 91.2 Å². The molecule has 5 amide bonds. The van der Waals surface area contributed by atoms with Gasteiger partial charge in [0, 0.05) is 102 Å². The van der Waals surface area contributed by atoms with Gasteiger partial charge in [-0.2, -0.15) is 0 Å². The van der Waals surface area contributed by atoms with E-state index >= 15 is 4.39 Å². The molecule has 1 atom stereocenters. The number of piperidine rings is 2. The molecule has 0 aliphatic carbocycles. The number of anilines is 4. The highest BCUT2D eigenvalue weighted by molar-refractivity contribution is 7.88. The summed E-state index contributed by atoms with van der Waals surface area (Å²) >= 11 is 0. The normalized spacial score (nSPS) is 19.2. The quantitative estimate of drug-likeness (QED) is 0.0796. The van der Waals surface area contributed by atoms with Crippen molar-refractivity contribution in [2.24, 2.45) is 11.1 Å². The third-order valence-corrected chi connectivity index (χ3v) is 15.7. The van der Waals surface area contributed by atoms with Gasteiger partial charge < -0.3 is 29.5 Å². The van der Waals surface area contributed by atoms with Crippen molar-refractivity contribution < 1.29 is 46.3 Å². The number of imide groups is 2. The van der Waals surface area contributed by atoms with Crippen LogP contribution in [0.5, 0.6) is 0 Å². The van der Waals surface area contributed by atoms with Crippen molar-refractivity contribution in [1.82, 2.24) is 39.5 Å². The minimum absolute atomic E-state index is 0.00883. The summed E-state index contributed by atoms with van der Waals surface area (Å²) in [6.07, 6.45) is 3.92. The number of hydrogen-bond donors (Lipinski definition) is 3. The van der Waals surface area contributed by atoms with E-state index in [4.69, 9.17) is 19.7 Å². The van der Waals surface area contributed by atoms with Crippen molar-refractivity contribution in [2.45, 2.75) is 43.9 Å². The first kappa shape index (κ1) is 52.5. The van der Waals surface area contributed by atoms with Crippen LogP contribution in [0.4, 0.5) is 27.4 Å². The molecule has 5 aliphatic rings. The summed E-state index contributed by atoms with van der Waals surface area (Å²) in [6.45, 7) is 11.1. The number of carbonyl (C=O) groups is 5. The third-order valence-electron chi connectivity index (χ3n) is 14.9. The fourth-order valence-electron chi connectivity index (χ4n) is 10.8. The molecule has 4 N–H and O–H groups in total. The standard InChI is InChI=1S/C53H63FN12O9S/c54-44-31-42-43(52(71)65(51(42)70)46-10-11-48(67)58-50(46)69)32-47(44)63-23-19-61(20-24-63)34-36-12-15-64(16-13-36)49(68)14-26-74-28-29-75-27-25-60-17-21-62(22-18-60)40-6-4-39(5-7-40)57-53-56-33-41-8-9-45(66(41)59-53)38-3-1-2-37(30-38)35-76(55,72)73/h1-9,30-33,36,46H,10-29,34-35H2,(H,57,59)(H2,55,72,73)(H,58,67,69). The number of likely N-dealkylation sites (tertiary alicyclic amines) is 1. The summed E-state index contributed by atoms with van der Waals surface area (Å²) in [6, 6.07) is 20.7. The smallest absolute Gasteiger partial charge is 0.262 e. The maximum atomic E-state index is 15.5. The van der Waals surface area contributed by atoms with Gasteiger partial charge in [0.05, 0.1) is 72.8 Å². The molecule has 0 spiro atoms. The zero-order chi connectivity index (χ0) is 52.9. The van der Waals surface area contributed by atoms with Crippen LogP contribution in [0.1, 0.15) is 58.4 Å². The molecule has 23 heteroatoms. The largest absolute Gasteiger partial charge is 0.379 e. The van der Waals surface area contributed by atoms with E-state index in [9.17, 15) is 32.4 Å². The van der Waals surface area contributed by atoms with Crippen LogP contribution in [0, 0.1) is 11.7 Å². The second-order valence-electron chi connectivity index (χ2n) is 20.0. The predicted octanol–water partition coefficient (Wildman–Crippen LogP) is 3.07. The molecule has 10 rings (SSSR count). The number of aromatic nitrogens is 3. The second kappa shape index (κ2) is 23.2. The van der Waals surface area contributed by atoms with Crippen LogP contribution in [-0.4, -0.2) is 183 Å². The molecule has 0 bridgehead atoms. The van der Waals surface area contributed by atoms with Gasteiger partial charge in [-0.1, -0.05) is 18.2 Å². The fraction of sp³-hybridized carbons (Fsp3) is 0.453. The first-order valence-corrected chi connectivity index (χ1v) is 27.7. The van der Waals surface area contributed by atoms with Gasteiger partial charge in [-0.3, -0.25) is 44.0 Å². The molecule has 1 unspecified atom stereocenters. The summed E-state index contributed by atoms with van der Waals surface area (Å²) in [4.78, 5) is 79.8. The molecule has 2 aromatic heterocycles. The molecule has 5 aliphatic heterocycles. The van der Waals surface area contributed by atoms with Crippen LogP contribution in [0.15, 0.2) is 79.0 Å². The van der Waals surface area contributed by atoms with Gasteiger partial charge in [-0.15, -0.1) is 5.10 Å². The lowest BCUT2D eigenvalue weighted by atomic mass is 9.95. The molecule has 4 saturated heterocycles. The number of rotatable bonds is 19. The average Bonchev–Trinajstić information content (AvgIpc) is 3.95. The van der Waals surface area contributed by atoms with Crippen LogP contribution in [0.25, 0.3) is 16.8 Å². The third kappa shape index (κ3) is 12.3. The zero-order valence-electron chi connectivity index (χ0n) is 42.3. The van der Waals surface area contributed by atoms with Gasteiger partial charge in [0.1, 0.15) is 11.9 Å². The fourth-order valence-corrected chi connectivity index (χ4v) is 11.4. The van der Waals surface area contributed by atoms with E-state index in [1.54, 1.807) is 28.9 Å². The SMILES string of the molecule is NS(=O)(=O)Cc1cccc(-c2ccc3cnc(Nc4ccc(N5CCN(CCOCCOCCC(=O)N6CCC(CN7CCN(c8cc9c(cc8F)C(=O)N(C8CCC(=O)NC8=O)C9=O)CC7)CC6)CC5)cc4)nn23)c1. The molecular weight excluding hydrogens is 1000 g/mol. The number of primary sulfonamides is 1. The number of piperazine rings is 2. The zero-order valence-corrected chi connectivity index (χ0v) is 43.1. The lowest BCUT2D eigenvalue weighted by molar-refractivity contribution is -0.136. The number of ether oxygens (including phenoxy) is 2. The summed E-state index contributed by atoms with van der Waals surface area (Å²) in [5.41, 5.74) is 5.23. The Balaban J connectivity index is 0.568. The Bertz CT molecular complexity index is 3080. The Kier molecular flexibility index (Phi) is 16.0. The first-order valence-electron chi connectivity index (χ1n) is 26.0. The van der Waals surface area contributed by atoms with Crippen LogP contribution < -0.4 is 25.6 Å². The number of fused-ring (bicyclic) bond motifs is 2. The average molecular weight is 1060 g/mol. The highest BCUT2D eigenvalue weighted by Crippen LogP contribution is 2.34. The minimum Gasteiger partial charge on any atom is -0.379 e. The van der Waals surface area contributed by atoms with Crippen molar-refractivity contribution in [3.05, 3.63) is 102 Å². The van der Waals surface area contributed by atoms with Gasteiger partial charge in [0.15, 0.2) is 0 Å². The number of halogens is 1. The highest BCUT2D eigenvalue weighted by Gasteiger charge is 2.45. The van der Waals surface area contributed by atoms with Crippen molar-refractivity contribution in [1.29, 1.82) is 0 Å². The Morgan fingerprint density at radius 2 is 1.47 bits per heavy atom. The van der Waals surface area contributed by atoms with E-state index < -0.39 is 45.5 Å². The number of benzene rings is 3. The van der Waals surface area contributed by atoms with Crippen LogP contribution in [-0.2, 0) is 39.6 Å². The number of carbonyl (C=O) groups excluding carboxylic acids is 5. The van der Waals surface area contributed by atoms with E-state index in [0.29, 0.717) is 89.5 Å². The van der Waals surface area contributed by atoms with Crippen LogP contribution in [0.3, 0.4) is 0 Å². The van der Waals surface area contributed by atoms with Gasteiger partial charge >= 0.3 is 0 Å². The summed E-state index contributed by atoms with van der Waals surface area (Å²) in [7, 11) is -3.66. The summed E-state index contributed by atoms with van der Waals surface area (Å²) in [5, 5.41) is 15.5. The topological polar surface area (TPSA) is 238 Å². The van der Waals surface area contributed by atoms with E-state index in [1.807, 2.05) is 40.1 Å². The van der Waals surface area contributed by atoms with Crippen LogP contribution >= 0.6 is 0 Å². The number of hydrogen-bond acceptors (Lipinski definition) is 16. The molecule has 402 valence electrons. The lowest BCUT2D eigenvalue weighted by Gasteiger charge is -2.39. The number of nitrogens with zero attached hydrogens (tertiary/aromatic N) is 9. The monoisotopic (exact) mass is 1060 g/mol. The molecular formula is C53H63FN12O9S. The molecule has 0 radical (unpaired) electrons. The Morgan fingerprint density at radius 1 is 0.776 bits per heavy atom. The predicted molar refractivity (Wildman–Crippen MR) is 281 cm³/mol.